The van der Waals surface area contributed by atoms with Gasteiger partial charge in [-0.3, -0.25) is 14.0 Å². The molecule has 1 aliphatic carbocycles. The molecule has 0 amide bonds. The van der Waals surface area contributed by atoms with Gasteiger partial charge in [0.1, 0.15) is 4.83 Å². The van der Waals surface area contributed by atoms with E-state index in [1.54, 1.807) is 22.7 Å². The summed E-state index contributed by atoms with van der Waals surface area (Å²) in [6, 6.07) is 0. The molecule has 1 aliphatic rings. The van der Waals surface area contributed by atoms with Crippen molar-refractivity contribution in [3.63, 3.8) is 0 Å². The number of nitrogens with zero attached hydrogens (tertiary/aromatic N) is 2. The minimum absolute atomic E-state index is 0.0371. The van der Waals surface area contributed by atoms with Gasteiger partial charge >= 0.3 is 5.97 Å². The zero-order valence-corrected chi connectivity index (χ0v) is 14.4. The second-order valence-electron chi connectivity index (χ2n) is 5.63. The van der Waals surface area contributed by atoms with E-state index in [4.69, 9.17) is 4.74 Å². The Morgan fingerprint density at radius 1 is 1.39 bits per heavy atom. The zero-order valence-electron chi connectivity index (χ0n) is 12.8. The Bertz CT molecular complexity index is 967. The third-order valence-corrected chi connectivity index (χ3v) is 6.24. The van der Waals surface area contributed by atoms with Crippen molar-refractivity contribution in [3.8, 4) is 0 Å². The lowest BCUT2D eigenvalue weighted by Gasteiger charge is -2.09. The Labute approximate surface area is 140 Å². The molecule has 0 saturated carbocycles. The topological polar surface area (TPSA) is 60.7 Å². The maximum absolute atomic E-state index is 13.0. The van der Waals surface area contributed by atoms with Crippen LogP contribution in [-0.2, 0) is 28.8 Å². The lowest BCUT2D eigenvalue weighted by molar-refractivity contribution is -0.142. The molecule has 0 fully saturated rings. The van der Waals surface area contributed by atoms with Crippen LogP contribution in [0.25, 0.3) is 15.2 Å². The largest absolute Gasteiger partial charge is 0.466 e. The molecule has 120 valence electrons. The normalized spacial score (nSPS) is 14.3. The van der Waals surface area contributed by atoms with Crippen LogP contribution in [0.2, 0.25) is 0 Å². The summed E-state index contributed by atoms with van der Waals surface area (Å²) < 4.78 is 6.59. The van der Waals surface area contributed by atoms with Crippen molar-refractivity contribution in [2.45, 2.75) is 39.0 Å². The first-order valence-electron chi connectivity index (χ1n) is 7.78. The number of carbonyl (C=O) groups is 1. The highest BCUT2D eigenvalue weighted by Crippen LogP contribution is 2.34. The number of carbonyl (C=O) groups excluding carboxylic acids is 1. The molecule has 0 aliphatic heterocycles. The van der Waals surface area contributed by atoms with Gasteiger partial charge in [-0.2, -0.15) is 0 Å². The molecule has 4 rings (SSSR count). The standard InChI is InChI=1S/C16H16N2O3S2/c1-2-21-12(19)7-9-8-22-16-17-14-13(15(20)18(9)16)10-5-3-4-6-11(10)23-14/h8H,2-7H2,1H3. The van der Waals surface area contributed by atoms with Gasteiger partial charge in [0.2, 0.25) is 0 Å². The number of esters is 1. The molecule has 0 N–H and O–H groups in total. The second kappa shape index (κ2) is 5.72. The molecule has 0 atom stereocenters. The first-order chi connectivity index (χ1) is 11.2. The van der Waals surface area contributed by atoms with E-state index in [9.17, 15) is 9.59 Å². The van der Waals surface area contributed by atoms with Crippen LogP contribution in [-0.4, -0.2) is 22.0 Å². The molecule has 7 heteroatoms. The van der Waals surface area contributed by atoms with Crippen molar-refractivity contribution in [2.24, 2.45) is 0 Å². The molecule has 0 bridgehead atoms. The molecule has 23 heavy (non-hydrogen) atoms. The molecule has 0 unspecified atom stereocenters. The summed E-state index contributed by atoms with van der Waals surface area (Å²) in [5.74, 6) is -0.313. The smallest absolute Gasteiger partial charge is 0.311 e. The molecule has 3 aromatic heterocycles. The van der Waals surface area contributed by atoms with Crippen molar-refractivity contribution < 1.29 is 9.53 Å². The molecular formula is C16H16N2O3S2. The average Bonchev–Trinajstić information content (AvgIpc) is 3.09. The average molecular weight is 348 g/mol. The fourth-order valence-electron chi connectivity index (χ4n) is 3.17. The van der Waals surface area contributed by atoms with Crippen LogP contribution in [0.15, 0.2) is 10.2 Å². The van der Waals surface area contributed by atoms with Gasteiger partial charge in [0, 0.05) is 16.0 Å². The molecular weight excluding hydrogens is 332 g/mol. The number of aromatic nitrogens is 2. The first kappa shape index (κ1) is 14.8. The number of hydrogen-bond donors (Lipinski definition) is 0. The predicted molar refractivity (Wildman–Crippen MR) is 91.7 cm³/mol. The molecule has 3 heterocycles. The summed E-state index contributed by atoms with van der Waals surface area (Å²) >= 11 is 3.05. The predicted octanol–water partition coefficient (Wildman–Crippen LogP) is 2.96. The van der Waals surface area contributed by atoms with Crippen LogP contribution in [0.5, 0.6) is 0 Å². The van der Waals surface area contributed by atoms with Gasteiger partial charge in [0.05, 0.1) is 18.4 Å². The number of aryl methyl sites for hydroxylation is 2. The van der Waals surface area contributed by atoms with E-state index in [1.165, 1.54) is 28.2 Å². The van der Waals surface area contributed by atoms with E-state index in [0.29, 0.717) is 17.3 Å². The van der Waals surface area contributed by atoms with Gasteiger partial charge in [-0.05, 0) is 38.2 Å². The zero-order chi connectivity index (χ0) is 16.0. The van der Waals surface area contributed by atoms with E-state index in [0.717, 1.165) is 29.5 Å². The van der Waals surface area contributed by atoms with E-state index < -0.39 is 0 Å². The van der Waals surface area contributed by atoms with Crippen LogP contribution < -0.4 is 5.56 Å². The van der Waals surface area contributed by atoms with Gasteiger partial charge < -0.3 is 4.74 Å². The van der Waals surface area contributed by atoms with Gasteiger partial charge in [-0.15, -0.1) is 22.7 Å². The fraction of sp³-hybridized carbons (Fsp3) is 0.438. The van der Waals surface area contributed by atoms with Gasteiger partial charge in [0.25, 0.3) is 5.56 Å². The van der Waals surface area contributed by atoms with Crippen molar-refractivity contribution >= 4 is 43.8 Å². The van der Waals surface area contributed by atoms with E-state index >= 15 is 0 Å². The minimum atomic E-state index is -0.313. The van der Waals surface area contributed by atoms with Crippen LogP contribution in [0.1, 0.15) is 35.9 Å². The fourth-order valence-corrected chi connectivity index (χ4v) is 5.36. The third-order valence-electron chi connectivity index (χ3n) is 4.18. The number of fused-ring (bicyclic) bond motifs is 4. The first-order valence-corrected chi connectivity index (χ1v) is 9.47. The van der Waals surface area contributed by atoms with E-state index in [2.05, 4.69) is 4.98 Å². The highest BCUT2D eigenvalue weighted by atomic mass is 32.1. The minimum Gasteiger partial charge on any atom is -0.466 e. The highest BCUT2D eigenvalue weighted by molar-refractivity contribution is 7.19. The lowest BCUT2D eigenvalue weighted by Crippen LogP contribution is -2.19. The highest BCUT2D eigenvalue weighted by Gasteiger charge is 2.22. The number of hydrogen-bond acceptors (Lipinski definition) is 6. The maximum atomic E-state index is 13.0. The molecule has 0 saturated heterocycles. The Morgan fingerprint density at radius 3 is 3.04 bits per heavy atom. The van der Waals surface area contributed by atoms with Crippen LogP contribution in [0, 0.1) is 0 Å². The number of ether oxygens (including phenoxy) is 1. The Kier molecular flexibility index (Phi) is 3.69. The lowest BCUT2D eigenvalue weighted by atomic mass is 9.97. The quantitative estimate of drug-likeness (QED) is 0.683. The molecule has 0 radical (unpaired) electrons. The van der Waals surface area contributed by atoms with Crippen molar-refractivity contribution in [2.75, 3.05) is 6.61 Å². The van der Waals surface area contributed by atoms with E-state index in [1.807, 2.05) is 5.38 Å². The van der Waals surface area contributed by atoms with Gasteiger partial charge in [-0.25, -0.2) is 4.98 Å². The monoisotopic (exact) mass is 348 g/mol. The van der Waals surface area contributed by atoms with Crippen molar-refractivity contribution in [1.82, 2.24) is 9.38 Å². The Hall–Kier alpha value is -1.73. The summed E-state index contributed by atoms with van der Waals surface area (Å²) in [7, 11) is 0. The molecule has 5 nitrogen and oxygen atoms in total. The molecule has 0 spiro atoms. The van der Waals surface area contributed by atoms with Crippen LogP contribution in [0.4, 0.5) is 0 Å². The van der Waals surface area contributed by atoms with Crippen molar-refractivity contribution in [3.05, 3.63) is 31.9 Å². The summed E-state index contributed by atoms with van der Waals surface area (Å²) in [4.78, 5) is 32.3. The molecule has 3 aromatic rings. The summed E-state index contributed by atoms with van der Waals surface area (Å²) in [6.07, 6.45) is 4.41. The number of thiophene rings is 1. The van der Waals surface area contributed by atoms with Gasteiger partial charge in [-0.1, -0.05) is 0 Å². The number of thiazole rings is 1. The Balaban J connectivity index is 1.91. The maximum Gasteiger partial charge on any atom is 0.311 e. The summed E-state index contributed by atoms with van der Waals surface area (Å²) in [6.45, 7) is 2.12. The molecule has 0 aromatic carbocycles. The van der Waals surface area contributed by atoms with Gasteiger partial charge in [0.15, 0.2) is 4.96 Å². The van der Waals surface area contributed by atoms with Crippen molar-refractivity contribution in [1.29, 1.82) is 0 Å². The SMILES string of the molecule is CCOC(=O)Cc1csc2nc3sc4c(c3c(=O)n12)CCCC4. The third kappa shape index (κ3) is 2.38. The summed E-state index contributed by atoms with van der Waals surface area (Å²) in [5.41, 5.74) is 1.81. The van der Waals surface area contributed by atoms with E-state index in [-0.39, 0.29) is 17.9 Å². The van der Waals surface area contributed by atoms with Crippen LogP contribution >= 0.6 is 22.7 Å². The van der Waals surface area contributed by atoms with Crippen LogP contribution in [0.3, 0.4) is 0 Å². The summed E-state index contributed by atoms with van der Waals surface area (Å²) in [5, 5.41) is 2.59. The second-order valence-corrected chi connectivity index (χ2v) is 7.56. The Morgan fingerprint density at radius 2 is 2.22 bits per heavy atom. The number of rotatable bonds is 3.